The third-order valence-corrected chi connectivity index (χ3v) is 3.02. The zero-order valence-electron chi connectivity index (χ0n) is 8.86. The molecule has 5 heteroatoms. The lowest BCUT2D eigenvalue weighted by Gasteiger charge is -2.28. The smallest absolute Gasteiger partial charge is 0.315 e. The molecule has 0 amide bonds. The van der Waals surface area contributed by atoms with Crippen LogP contribution in [0.1, 0.15) is 26.5 Å². The number of aromatic nitrogens is 2. The van der Waals surface area contributed by atoms with Crippen LogP contribution < -0.4 is 0 Å². The van der Waals surface area contributed by atoms with Crippen molar-refractivity contribution in [1.29, 1.82) is 0 Å². The van der Waals surface area contributed by atoms with E-state index in [0.717, 1.165) is 0 Å². The second-order valence-corrected chi connectivity index (χ2v) is 4.22. The van der Waals surface area contributed by atoms with Crippen LogP contribution in [0.5, 0.6) is 0 Å². The molecule has 0 aliphatic heterocycles. The van der Waals surface area contributed by atoms with E-state index in [9.17, 15) is 9.90 Å². The second-order valence-electron chi connectivity index (χ2n) is 3.86. The summed E-state index contributed by atoms with van der Waals surface area (Å²) in [6, 6.07) is 0. The van der Waals surface area contributed by atoms with Gasteiger partial charge in [0.05, 0.1) is 5.69 Å². The summed E-state index contributed by atoms with van der Waals surface area (Å²) >= 11 is 5.86. The summed E-state index contributed by atoms with van der Waals surface area (Å²) in [4.78, 5) is 19.2. The Hall–Kier alpha value is -1.16. The normalized spacial score (nSPS) is 15.0. The molecule has 82 valence electrons. The largest absolute Gasteiger partial charge is 0.481 e. The zero-order valence-corrected chi connectivity index (χ0v) is 9.62. The Morgan fingerprint density at radius 1 is 1.47 bits per heavy atom. The number of nitrogens with zero attached hydrogens (tertiary/aromatic N) is 2. The first kappa shape index (κ1) is 11.9. The van der Waals surface area contributed by atoms with Crippen LogP contribution in [0.3, 0.4) is 0 Å². The minimum absolute atomic E-state index is 0.121. The van der Waals surface area contributed by atoms with E-state index in [2.05, 4.69) is 9.97 Å². The summed E-state index contributed by atoms with van der Waals surface area (Å²) < 4.78 is 0. The molecule has 0 radical (unpaired) electrons. The molecular formula is C10H13ClN2O2. The van der Waals surface area contributed by atoms with Crippen molar-refractivity contribution < 1.29 is 9.90 Å². The van der Waals surface area contributed by atoms with E-state index in [0.29, 0.717) is 5.69 Å². The number of carboxylic acids is 1. The van der Waals surface area contributed by atoms with E-state index >= 15 is 0 Å². The summed E-state index contributed by atoms with van der Waals surface area (Å²) in [5.74, 6) is -1.07. The van der Waals surface area contributed by atoms with E-state index in [1.807, 2.05) is 13.8 Å². The molecule has 0 bridgehead atoms. The fraction of sp³-hybridized carbons (Fsp3) is 0.500. The highest BCUT2D eigenvalue weighted by molar-refractivity contribution is 6.30. The Labute approximate surface area is 93.3 Å². The Balaban J connectivity index is 3.34. The number of rotatable bonds is 3. The van der Waals surface area contributed by atoms with Crippen LogP contribution >= 0.6 is 11.6 Å². The fourth-order valence-electron chi connectivity index (χ4n) is 1.29. The summed E-state index contributed by atoms with van der Waals surface area (Å²) in [5, 5.41) is 9.40. The SMILES string of the molecule is CC(C)C(C)(C(=O)O)c1nccnc1Cl. The van der Waals surface area contributed by atoms with Gasteiger partial charge in [-0.2, -0.15) is 0 Å². The predicted molar refractivity (Wildman–Crippen MR) is 56.9 cm³/mol. The maximum Gasteiger partial charge on any atom is 0.315 e. The molecule has 0 fully saturated rings. The first-order valence-electron chi connectivity index (χ1n) is 4.61. The van der Waals surface area contributed by atoms with Gasteiger partial charge in [0.2, 0.25) is 0 Å². The second kappa shape index (κ2) is 4.14. The minimum Gasteiger partial charge on any atom is -0.481 e. The lowest BCUT2D eigenvalue weighted by Crippen LogP contribution is -2.39. The Bertz CT molecular complexity index is 381. The van der Waals surface area contributed by atoms with Crippen LogP contribution in [0.4, 0.5) is 0 Å². The van der Waals surface area contributed by atoms with Crippen molar-refractivity contribution in [2.24, 2.45) is 5.92 Å². The summed E-state index contributed by atoms with van der Waals surface area (Å²) in [5.41, 5.74) is -0.792. The molecule has 4 nitrogen and oxygen atoms in total. The van der Waals surface area contributed by atoms with Crippen LogP contribution in [0.15, 0.2) is 12.4 Å². The van der Waals surface area contributed by atoms with Crippen molar-refractivity contribution in [2.45, 2.75) is 26.2 Å². The molecule has 0 aromatic carbocycles. The predicted octanol–water partition coefficient (Wildman–Crippen LogP) is 2.13. The molecule has 1 heterocycles. The molecular weight excluding hydrogens is 216 g/mol. The highest BCUT2D eigenvalue weighted by atomic mass is 35.5. The van der Waals surface area contributed by atoms with E-state index in [-0.39, 0.29) is 11.1 Å². The highest BCUT2D eigenvalue weighted by Gasteiger charge is 2.41. The monoisotopic (exact) mass is 228 g/mol. The number of hydrogen-bond donors (Lipinski definition) is 1. The molecule has 1 rings (SSSR count). The lowest BCUT2D eigenvalue weighted by molar-refractivity contribution is -0.145. The summed E-state index contributed by atoms with van der Waals surface area (Å²) in [6.45, 7) is 5.24. The van der Waals surface area contributed by atoms with Crippen molar-refractivity contribution in [3.05, 3.63) is 23.2 Å². The minimum atomic E-state index is -1.11. The third-order valence-electron chi connectivity index (χ3n) is 2.74. The maximum atomic E-state index is 11.3. The van der Waals surface area contributed by atoms with Gasteiger partial charge in [-0.1, -0.05) is 25.4 Å². The molecule has 1 aromatic rings. The number of hydrogen-bond acceptors (Lipinski definition) is 3. The molecule has 0 saturated heterocycles. The van der Waals surface area contributed by atoms with Gasteiger partial charge in [0.1, 0.15) is 5.41 Å². The summed E-state index contributed by atoms with van der Waals surface area (Å²) in [6.07, 6.45) is 2.89. The van der Waals surface area contributed by atoms with E-state index in [1.165, 1.54) is 12.4 Å². The van der Waals surface area contributed by atoms with Gasteiger partial charge in [-0.05, 0) is 12.8 Å². The molecule has 0 aliphatic rings. The zero-order chi connectivity index (χ0) is 11.6. The number of carbonyl (C=O) groups is 1. The molecule has 1 aromatic heterocycles. The van der Waals surface area contributed by atoms with Crippen molar-refractivity contribution in [3.63, 3.8) is 0 Å². The van der Waals surface area contributed by atoms with Gasteiger partial charge in [-0.3, -0.25) is 9.78 Å². The van der Waals surface area contributed by atoms with Gasteiger partial charge >= 0.3 is 5.97 Å². The van der Waals surface area contributed by atoms with Gasteiger partial charge in [0.25, 0.3) is 0 Å². The molecule has 0 aliphatic carbocycles. The number of aliphatic carboxylic acids is 1. The van der Waals surface area contributed by atoms with Crippen molar-refractivity contribution in [1.82, 2.24) is 9.97 Å². The molecule has 1 N–H and O–H groups in total. The third kappa shape index (κ3) is 1.95. The van der Waals surface area contributed by atoms with Gasteiger partial charge in [0, 0.05) is 12.4 Å². The Morgan fingerprint density at radius 2 is 2.00 bits per heavy atom. The van der Waals surface area contributed by atoms with E-state index in [4.69, 9.17) is 11.6 Å². The van der Waals surface area contributed by atoms with Gasteiger partial charge < -0.3 is 5.11 Å². The summed E-state index contributed by atoms with van der Waals surface area (Å²) in [7, 11) is 0. The fourth-order valence-corrected chi connectivity index (χ4v) is 1.59. The van der Waals surface area contributed by atoms with Gasteiger partial charge in [0.15, 0.2) is 5.15 Å². The van der Waals surface area contributed by atoms with Crippen molar-refractivity contribution in [2.75, 3.05) is 0 Å². The quantitative estimate of drug-likeness (QED) is 0.861. The topological polar surface area (TPSA) is 63.1 Å². The molecule has 15 heavy (non-hydrogen) atoms. The van der Waals surface area contributed by atoms with Crippen LogP contribution in [0, 0.1) is 5.92 Å². The lowest BCUT2D eigenvalue weighted by atomic mass is 9.76. The van der Waals surface area contributed by atoms with Crippen LogP contribution in [0.2, 0.25) is 5.15 Å². The Kier molecular flexibility index (Phi) is 3.29. The van der Waals surface area contributed by atoms with Crippen LogP contribution in [-0.2, 0) is 10.2 Å². The Morgan fingerprint density at radius 3 is 2.40 bits per heavy atom. The number of halogens is 1. The van der Waals surface area contributed by atoms with E-state index in [1.54, 1.807) is 6.92 Å². The van der Waals surface area contributed by atoms with Gasteiger partial charge in [-0.25, -0.2) is 4.98 Å². The van der Waals surface area contributed by atoms with E-state index < -0.39 is 11.4 Å². The van der Waals surface area contributed by atoms with Crippen LogP contribution in [0.25, 0.3) is 0 Å². The first-order valence-corrected chi connectivity index (χ1v) is 4.98. The first-order chi connectivity index (χ1) is 6.90. The molecule has 1 atom stereocenters. The molecule has 1 unspecified atom stereocenters. The highest BCUT2D eigenvalue weighted by Crippen LogP contribution is 2.33. The van der Waals surface area contributed by atoms with Gasteiger partial charge in [-0.15, -0.1) is 0 Å². The molecule has 0 spiro atoms. The number of carboxylic acid groups (broad SMARTS) is 1. The standard InChI is InChI=1S/C10H13ClN2O2/c1-6(2)10(3,9(14)15)7-8(11)13-5-4-12-7/h4-6H,1-3H3,(H,14,15). The van der Waals surface area contributed by atoms with Crippen molar-refractivity contribution in [3.8, 4) is 0 Å². The average Bonchev–Trinajstić information content (AvgIpc) is 2.16. The molecule has 0 saturated carbocycles. The maximum absolute atomic E-state index is 11.3. The average molecular weight is 229 g/mol. The van der Waals surface area contributed by atoms with Crippen LogP contribution in [-0.4, -0.2) is 21.0 Å². The van der Waals surface area contributed by atoms with Crippen molar-refractivity contribution >= 4 is 17.6 Å².